The van der Waals surface area contributed by atoms with Crippen LogP contribution in [-0.4, -0.2) is 77.3 Å². The van der Waals surface area contributed by atoms with E-state index in [0.717, 1.165) is 11.1 Å². The van der Waals surface area contributed by atoms with E-state index < -0.39 is 11.7 Å². The van der Waals surface area contributed by atoms with Gasteiger partial charge in [-0.1, -0.05) is 12.1 Å². The van der Waals surface area contributed by atoms with E-state index in [1.165, 1.54) is 31.1 Å². The summed E-state index contributed by atoms with van der Waals surface area (Å²) >= 11 is 0. The number of carbonyl (C=O) groups is 3. The van der Waals surface area contributed by atoms with Crippen LogP contribution in [-0.2, 0) is 18.4 Å². The van der Waals surface area contributed by atoms with Crippen molar-refractivity contribution in [3.8, 4) is 0 Å². The van der Waals surface area contributed by atoms with Crippen LogP contribution < -0.4 is 5.32 Å². The molecule has 2 aromatic carbocycles. The minimum absolute atomic E-state index is 0.214. The number of carbonyl (C=O) groups excluding carboxylic acids is 3. The van der Waals surface area contributed by atoms with E-state index in [9.17, 15) is 18.8 Å². The highest BCUT2D eigenvalue weighted by Crippen LogP contribution is 2.25. The van der Waals surface area contributed by atoms with Gasteiger partial charge in [-0.3, -0.25) is 14.5 Å². The number of aromatic nitrogens is 1. The van der Waals surface area contributed by atoms with Crippen molar-refractivity contribution in [3.63, 3.8) is 0 Å². The number of halogens is 1. The minimum atomic E-state index is -0.597. The lowest BCUT2D eigenvalue weighted by atomic mass is 10.1. The van der Waals surface area contributed by atoms with Gasteiger partial charge >= 0.3 is 6.03 Å². The van der Waals surface area contributed by atoms with E-state index in [1.807, 2.05) is 13.1 Å². The fraction of sp³-hybridized carbons (Fsp3) is 0.320. The molecule has 3 amide bonds. The fourth-order valence-electron chi connectivity index (χ4n) is 4.13. The molecule has 0 radical (unpaired) electrons. The molecule has 3 aromatic rings. The molecule has 1 saturated heterocycles. The number of aryl methyl sites for hydroxylation is 1. The Morgan fingerprint density at radius 1 is 1.00 bits per heavy atom. The minimum Gasteiger partial charge on any atom is -0.350 e. The first-order valence-electron chi connectivity index (χ1n) is 11.1. The Hall–Kier alpha value is -3.72. The summed E-state index contributed by atoms with van der Waals surface area (Å²) < 4.78 is 14.9. The number of benzene rings is 2. The van der Waals surface area contributed by atoms with Crippen LogP contribution in [0.1, 0.15) is 15.9 Å². The van der Waals surface area contributed by atoms with Crippen molar-refractivity contribution in [1.82, 2.24) is 19.3 Å². The summed E-state index contributed by atoms with van der Waals surface area (Å²) in [5.41, 5.74) is 2.70. The number of urea groups is 1. The molecule has 1 aliphatic rings. The highest BCUT2D eigenvalue weighted by Gasteiger charge is 2.24. The number of likely N-dealkylation sites (N-methyl/N-ethyl adjacent to an activating group) is 1. The fourth-order valence-corrected chi connectivity index (χ4v) is 4.13. The van der Waals surface area contributed by atoms with Crippen LogP contribution in [0.2, 0.25) is 0 Å². The van der Waals surface area contributed by atoms with Crippen molar-refractivity contribution in [3.05, 3.63) is 65.6 Å². The molecule has 0 unspecified atom stereocenters. The Labute approximate surface area is 197 Å². The second-order valence-corrected chi connectivity index (χ2v) is 8.73. The monoisotopic (exact) mass is 465 g/mol. The predicted molar refractivity (Wildman–Crippen MR) is 128 cm³/mol. The van der Waals surface area contributed by atoms with Gasteiger partial charge in [0.25, 0.3) is 11.7 Å². The van der Waals surface area contributed by atoms with Crippen LogP contribution in [0, 0.1) is 5.82 Å². The maximum atomic E-state index is 13.1. The summed E-state index contributed by atoms with van der Waals surface area (Å²) in [5, 5.41) is 3.53. The maximum absolute atomic E-state index is 13.1. The third-order valence-electron chi connectivity index (χ3n) is 6.06. The molecule has 0 bridgehead atoms. The topological polar surface area (TPSA) is 77.9 Å². The lowest BCUT2D eigenvalue weighted by molar-refractivity contribution is -0.124. The first-order chi connectivity index (χ1) is 16.2. The number of nitrogens with zero attached hydrogens (tertiary/aromatic N) is 4. The van der Waals surface area contributed by atoms with Gasteiger partial charge < -0.3 is 19.7 Å². The molecule has 0 atom stereocenters. The molecule has 0 aliphatic carbocycles. The van der Waals surface area contributed by atoms with Gasteiger partial charge in [-0.25, -0.2) is 9.18 Å². The highest BCUT2D eigenvalue weighted by atomic mass is 19.1. The Kier molecular flexibility index (Phi) is 6.65. The number of nitrogens with one attached hydrogen (secondary N) is 1. The molecular formula is C25H28FN5O3. The summed E-state index contributed by atoms with van der Waals surface area (Å²) in [6.07, 6.45) is 1.64. The summed E-state index contributed by atoms with van der Waals surface area (Å²) in [7, 11) is 4.88. The van der Waals surface area contributed by atoms with Crippen molar-refractivity contribution in [2.45, 2.75) is 6.54 Å². The van der Waals surface area contributed by atoms with Crippen LogP contribution in [0.25, 0.3) is 10.9 Å². The number of hydrogen-bond donors (Lipinski definition) is 1. The standard InChI is InChI=1S/C25H28FN5O3/c1-28(2)24(33)23(32)21-16-29(3)22-9-8-19(14-20(21)22)27-25(34)31-12-10-30(11-13-31)15-17-4-6-18(26)7-5-17/h4-9,14,16H,10-13,15H2,1-3H3,(H,27,34). The van der Waals surface area contributed by atoms with Crippen molar-refractivity contribution < 1.29 is 18.8 Å². The number of hydrogen-bond acceptors (Lipinski definition) is 4. The van der Waals surface area contributed by atoms with Crippen molar-refractivity contribution in [1.29, 1.82) is 0 Å². The molecule has 4 rings (SSSR count). The van der Waals surface area contributed by atoms with Gasteiger partial charge in [-0.05, 0) is 35.9 Å². The summed E-state index contributed by atoms with van der Waals surface area (Å²) in [6.45, 7) is 3.29. The largest absolute Gasteiger partial charge is 0.350 e. The molecule has 9 heteroatoms. The van der Waals surface area contributed by atoms with Gasteiger partial charge in [0.2, 0.25) is 0 Å². The Balaban J connectivity index is 1.41. The lowest BCUT2D eigenvalue weighted by Gasteiger charge is -2.34. The van der Waals surface area contributed by atoms with Crippen LogP contribution in [0.15, 0.2) is 48.7 Å². The maximum Gasteiger partial charge on any atom is 0.321 e. The van der Waals surface area contributed by atoms with Crippen molar-refractivity contribution >= 4 is 34.3 Å². The summed E-state index contributed by atoms with van der Waals surface area (Å²) in [4.78, 5) is 42.9. The second-order valence-electron chi connectivity index (χ2n) is 8.73. The molecule has 0 saturated carbocycles. The predicted octanol–water partition coefficient (Wildman–Crippen LogP) is 2.94. The summed E-state index contributed by atoms with van der Waals surface area (Å²) in [6, 6.07) is 11.6. The Bertz CT molecular complexity index is 1230. The van der Waals surface area contributed by atoms with Crippen LogP contribution >= 0.6 is 0 Å². The van der Waals surface area contributed by atoms with Crippen LogP contribution in [0.4, 0.5) is 14.9 Å². The average molecular weight is 466 g/mol. The number of amides is 3. The first kappa shape index (κ1) is 23.4. The normalized spacial score (nSPS) is 14.3. The second kappa shape index (κ2) is 9.64. The van der Waals surface area contributed by atoms with Gasteiger partial charge in [0.05, 0.1) is 5.56 Å². The van der Waals surface area contributed by atoms with Gasteiger partial charge in [0.15, 0.2) is 0 Å². The van der Waals surface area contributed by atoms with Gasteiger partial charge in [0.1, 0.15) is 5.82 Å². The van der Waals surface area contributed by atoms with Gasteiger partial charge in [0, 0.05) is 76.7 Å². The first-order valence-corrected chi connectivity index (χ1v) is 11.1. The highest BCUT2D eigenvalue weighted by molar-refractivity contribution is 6.44. The molecule has 2 heterocycles. The van der Waals surface area contributed by atoms with Gasteiger partial charge in [-0.2, -0.15) is 0 Å². The molecular weight excluding hydrogens is 437 g/mol. The average Bonchev–Trinajstić information content (AvgIpc) is 3.15. The van der Waals surface area contributed by atoms with Crippen LogP contribution in [0.3, 0.4) is 0 Å². The zero-order valence-corrected chi connectivity index (χ0v) is 19.5. The molecule has 8 nitrogen and oxygen atoms in total. The third kappa shape index (κ3) is 4.94. The third-order valence-corrected chi connectivity index (χ3v) is 6.06. The number of piperazine rings is 1. The van der Waals surface area contributed by atoms with Crippen LogP contribution in [0.5, 0.6) is 0 Å². The Morgan fingerprint density at radius 2 is 1.68 bits per heavy atom. The molecule has 0 spiro atoms. The number of Topliss-reactive ketones (excluding diaryl/α,β-unsaturated/α-hetero) is 1. The van der Waals surface area contributed by atoms with E-state index in [-0.39, 0.29) is 11.8 Å². The zero-order valence-electron chi connectivity index (χ0n) is 19.5. The zero-order chi connectivity index (χ0) is 24.4. The number of fused-ring (bicyclic) bond motifs is 1. The summed E-state index contributed by atoms with van der Waals surface area (Å²) in [5.74, 6) is -1.43. The smallest absolute Gasteiger partial charge is 0.321 e. The molecule has 34 heavy (non-hydrogen) atoms. The van der Waals surface area contributed by atoms with Gasteiger partial charge in [-0.15, -0.1) is 0 Å². The molecule has 178 valence electrons. The van der Waals surface area contributed by atoms with Crippen molar-refractivity contribution in [2.75, 3.05) is 45.6 Å². The SMILES string of the molecule is CN(C)C(=O)C(=O)c1cn(C)c2ccc(NC(=O)N3CCN(Cc4ccc(F)cc4)CC3)cc12. The lowest BCUT2D eigenvalue weighted by Crippen LogP contribution is -2.49. The number of rotatable bonds is 5. The quantitative estimate of drug-likeness (QED) is 0.464. The molecule has 1 aromatic heterocycles. The van der Waals surface area contributed by atoms with E-state index >= 15 is 0 Å². The van der Waals surface area contributed by atoms with E-state index in [2.05, 4.69) is 10.2 Å². The van der Waals surface area contributed by atoms with Crippen molar-refractivity contribution in [2.24, 2.45) is 7.05 Å². The molecule has 1 aliphatic heterocycles. The molecule has 1 N–H and O–H groups in total. The molecule has 1 fully saturated rings. The number of ketones is 1. The van der Waals surface area contributed by atoms with E-state index in [4.69, 9.17) is 0 Å². The van der Waals surface area contributed by atoms with E-state index in [0.29, 0.717) is 49.4 Å². The van der Waals surface area contributed by atoms with E-state index in [1.54, 1.807) is 39.9 Å². The number of anilines is 1. The Morgan fingerprint density at radius 3 is 2.32 bits per heavy atom.